The summed E-state index contributed by atoms with van der Waals surface area (Å²) in [4.78, 5) is 31.2. The van der Waals surface area contributed by atoms with Crippen molar-refractivity contribution in [3.8, 4) is 0 Å². The molecule has 3 aromatic rings. The van der Waals surface area contributed by atoms with E-state index >= 15 is 0 Å². The van der Waals surface area contributed by atoms with Crippen LogP contribution in [0.1, 0.15) is 23.0 Å². The summed E-state index contributed by atoms with van der Waals surface area (Å²) in [5.41, 5.74) is 2.52. The maximum absolute atomic E-state index is 12.3. The van der Waals surface area contributed by atoms with E-state index in [1.807, 2.05) is 32.0 Å². The smallest absolute Gasteiger partial charge is 0.269 e. The zero-order valence-electron chi connectivity index (χ0n) is 16.0. The lowest BCUT2D eigenvalue weighted by atomic mass is 10.2. The van der Waals surface area contributed by atoms with E-state index in [4.69, 9.17) is 0 Å². The van der Waals surface area contributed by atoms with Gasteiger partial charge in [-0.25, -0.2) is 4.98 Å². The Morgan fingerprint density at radius 3 is 2.31 bits per heavy atom. The molecular weight excluding hydrogens is 372 g/mol. The summed E-state index contributed by atoms with van der Waals surface area (Å²) in [6.45, 7) is 4.60. The zero-order chi connectivity index (χ0) is 20.8. The summed E-state index contributed by atoms with van der Waals surface area (Å²) in [7, 11) is 0. The Kier molecular flexibility index (Phi) is 5.98. The molecule has 0 aliphatic carbocycles. The van der Waals surface area contributed by atoms with Gasteiger partial charge in [0, 0.05) is 47.4 Å². The van der Waals surface area contributed by atoms with Gasteiger partial charge in [-0.3, -0.25) is 14.9 Å². The van der Waals surface area contributed by atoms with E-state index in [0.717, 1.165) is 17.9 Å². The Labute approximate surface area is 167 Å². The Morgan fingerprint density at radius 1 is 1.03 bits per heavy atom. The second kappa shape index (κ2) is 8.79. The van der Waals surface area contributed by atoms with Crippen molar-refractivity contribution < 1.29 is 9.72 Å². The van der Waals surface area contributed by atoms with Crippen LogP contribution in [0, 0.1) is 17.0 Å². The maximum Gasteiger partial charge on any atom is 0.269 e. The molecule has 0 spiro atoms. The quantitative estimate of drug-likeness (QED) is 0.408. The Bertz CT molecular complexity index is 1020. The molecule has 3 rings (SSSR count). The molecular formula is C20H20N6O3. The van der Waals surface area contributed by atoms with E-state index in [1.54, 1.807) is 12.1 Å². The molecule has 9 nitrogen and oxygen atoms in total. The number of aromatic nitrogens is 2. The van der Waals surface area contributed by atoms with Gasteiger partial charge in [-0.1, -0.05) is 0 Å². The van der Waals surface area contributed by atoms with Gasteiger partial charge in [0.15, 0.2) is 0 Å². The standard InChI is InChI=1S/C20H20N6O3/c1-3-21-20-22-13(2)12-18(25-20)23-15-6-8-16(9-7-15)24-19(27)14-4-10-17(11-5-14)26(28)29/h4-12H,3H2,1-2H3,(H,24,27)(H2,21,22,23,25). The largest absolute Gasteiger partial charge is 0.354 e. The van der Waals surface area contributed by atoms with Crippen molar-refractivity contribution in [2.75, 3.05) is 22.5 Å². The van der Waals surface area contributed by atoms with Crippen LogP contribution in [-0.4, -0.2) is 27.3 Å². The summed E-state index contributed by atoms with van der Waals surface area (Å²) in [5, 5.41) is 19.7. The molecule has 1 aromatic heterocycles. The molecule has 0 saturated carbocycles. The van der Waals surface area contributed by atoms with Crippen LogP contribution in [0.4, 0.5) is 28.8 Å². The molecule has 2 aromatic carbocycles. The van der Waals surface area contributed by atoms with Crippen LogP contribution < -0.4 is 16.0 Å². The normalized spacial score (nSPS) is 10.3. The van der Waals surface area contributed by atoms with Crippen molar-refractivity contribution in [3.63, 3.8) is 0 Å². The van der Waals surface area contributed by atoms with E-state index in [0.29, 0.717) is 23.0 Å². The fourth-order valence-corrected chi connectivity index (χ4v) is 2.59. The number of nitrogens with one attached hydrogen (secondary N) is 3. The highest BCUT2D eigenvalue weighted by Gasteiger charge is 2.10. The number of nitro groups is 1. The van der Waals surface area contributed by atoms with E-state index < -0.39 is 4.92 Å². The average molecular weight is 392 g/mol. The second-order valence-corrected chi connectivity index (χ2v) is 6.21. The first-order valence-electron chi connectivity index (χ1n) is 8.97. The number of benzene rings is 2. The van der Waals surface area contributed by atoms with E-state index in [1.165, 1.54) is 24.3 Å². The summed E-state index contributed by atoms with van der Waals surface area (Å²) < 4.78 is 0. The number of non-ortho nitro benzene ring substituents is 1. The van der Waals surface area contributed by atoms with E-state index in [-0.39, 0.29) is 11.6 Å². The van der Waals surface area contributed by atoms with Gasteiger partial charge in [-0.15, -0.1) is 0 Å². The minimum absolute atomic E-state index is 0.0609. The highest BCUT2D eigenvalue weighted by atomic mass is 16.6. The van der Waals surface area contributed by atoms with Gasteiger partial charge < -0.3 is 16.0 Å². The highest BCUT2D eigenvalue weighted by molar-refractivity contribution is 6.04. The van der Waals surface area contributed by atoms with Crippen LogP contribution in [0.15, 0.2) is 54.6 Å². The van der Waals surface area contributed by atoms with Crippen LogP contribution in [-0.2, 0) is 0 Å². The molecule has 0 bridgehead atoms. The maximum atomic E-state index is 12.3. The Morgan fingerprint density at radius 2 is 1.69 bits per heavy atom. The number of nitro benzene ring substituents is 1. The fourth-order valence-electron chi connectivity index (χ4n) is 2.59. The molecule has 0 aliphatic rings. The molecule has 9 heteroatoms. The van der Waals surface area contributed by atoms with Crippen LogP contribution >= 0.6 is 0 Å². The molecule has 1 heterocycles. The van der Waals surface area contributed by atoms with Gasteiger partial charge in [0.1, 0.15) is 5.82 Å². The van der Waals surface area contributed by atoms with Crippen LogP contribution in [0.25, 0.3) is 0 Å². The SMILES string of the molecule is CCNc1nc(C)cc(Nc2ccc(NC(=O)c3ccc([N+](=O)[O-])cc3)cc2)n1. The fraction of sp³-hybridized carbons (Fsp3) is 0.150. The number of hydrogen-bond donors (Lipinski definition) is 3. The van der Waals surface area contributed by atoms with E-state index in [2.05, 4.69) is 25.9 Å². The number of aryl methyl sites for hydroxylation is 1. The van der Waals surface area contributed by atoms with Crippen LogP contribution in [0.3, 0.4) is 0 Å². The molecule has 0 saturated heterocycles. The molecule has 1 amide bonds. The third-order valence-corrected chi connectivity index (χ3v) is 3.94. The minimum Gasteiger partial charge on any atom is -0.354 e. The number of rotatable bonds is 7. The number of carbonyl (C=O) groups is 1. The molecule has 0 atom stereocenters. The van der Waals surface area contributed by atoms with Crippen molar-refractivity contribution in [1.82, 2.24) is 9.97 Å². The molecule has 0 unspecified atom stereocenters. The monoisotopic (exact) mass is 392 g/mol. The first-order chi connectivity index (χ1) is 13.9. The Hall–Kier alpha value is -4.01. The van der Waals surface area contributed by atoms with Gasteiger partial charge in [-0.2, -0.15) is 4.98 Å². The Balaban J connectivity index is 1.65. The van der Waals surface area contributed by atoms with Gasteiger partial charge in [0.25, 0.3) is 11.6 Å². The summed E-state index contributed by atoms with van der Waals surface area (Å²) in [6.07, 6.45) is 0. The van der Waals surface area contributed by atoms with Gasteiger partial charge in [0.2, 0.25) is 5.95 Å². The lowest BCUT2D eigenvalue weighted by molar-refractivity contribution is -0.384. The molecule has 29 heavy (non-hydrogen) atoms. The predicted octanol–water partition coefficient (Wildman–Crippen LogP) is 4.12. The van der Waals surface area contributed by atoms with Crippen molar-refractivity contribution in [2.24, 2.45) is 0 Å². The van der Waals surface area contributed by atoms with Crippen LogP contribution in [0.5, 0.6) is 0 Å². The first kappa shape index (κ1) is 19.7. The van der Waals surface area contributed by atoms with E-state index in [9.17, 15) is 14.9 Å². The third kappa shape index (κ3) is 5.25. The minimum atomic E-state index is -0.506. The zero-order valence-corrected chi connectivity index (χ0v) is 16.0. The molecule has 0 aliphatic heterocycles. The average Bonchev–Trinajstić information content (AvgIpc) is 2.69. The summed E-state index contributed by atoms with van der Waals surface area (Å²) in [5.74, 6) is 0.875. The number of anilines is 4. The van der Waals surface area contributed by atoms with Crippen molar-refractivity contribution in [1.29, 1.82) is 0 Å². The molecule has 0 fully saturated rings. The number of amides is 1. The summed E-state index contributed by atoms with van der Waals surface area (Å²) >= 11 is 0. The van der Waals surface area contributed by atoms with Crippen molar-refractivity contribution in [3.05, 3.63) is 76.0 Å². The van der Waals surface area contributed by atoms with Gasteiger partial charge >= 0.3 is 0 Å². The number of nitrogens with zero attached hydrogens (tertiary/aromatic N) is 3. The number of hydrogen-bond acceptors (Lipinski definition) is 7. The summed E-state index contributed by atoms with van der Waals surface area (Å²) in [6, 6.07) is 14.4. The third-order valence-electron chi connectivity index (χ3n) is 3.94. The molecule has 0 radical (unpaired) electrons. The van der Waals surface area contributed by atoms with Gasteiger partial charge in [0.05, 0.1) is 4.92 Å². The molecule has 3 N–H and O–H groups in total. The lowest BCUT2D eigenvalue weighted by Crippen LogP contribution is -2.11. The van der Waals surface area contributed by atoms with Crippen LogP contribution in [0.2, 0.25) is 0 Å². The van der Waals surface area contributed by atoms with Crippen molar-refractivity contribution in [2.45, 2.75) is 13.8 Å². The second-order valence-electron chi connectivity index (χ2n) is 6.21. The highest BCUT2D eigenvalue weighted by Crippen LogP contribution is 2.20. The van der Waals surface area contributed by atoms with Gasteiger partial charge in [-0.05, 0) is 50.2 Å². The predicted molar refractivity (Wildman–Crippen MR) is 112 cm³/mol. The number of carbonyl (C=O) groups excluding carboxylic acids is 1. The lowest BCUT2D eigenvalue weighted by Gasteiger charge is -2.10. The first-order valence-corrected chi connectivity index (χ1v) is 8.97. The van der Waals surface area contributed by atoms with Crippen molar-refractivity contribution >= 4 is 34.7 Å². The molecule has 148 valence electrons. The topological polar surface area (TPSA) is 122 Å².